The zero-order valence-corrected chi connectivity index (χ0v) is 8.69. The molecule has 1 rings (SSSR count). The molecule has 6 heteroatoms. The van der Waals surface area contributed by atoms with Gasteiger partial charge < -0.3 is 5.32 Å². The molecule has 1 aromatic rings. The summed E-state index contributed by atoms with van der Waals surface area (Å²) in [7, 11) is 1.37. The summed E-state index contributed by atoms with van der Waals surface area (Å²) < 4.78 is 2.14. The highest BCUT2D eigenvalue weighted by molar-refractivity contribution is 5.75. The molecule has 15 heavy (non-hydrogen) atoms. The lowest BCUT2D eigenvalue weighted by Gasteiger charge is -2.06. The zero-order valence-electron chi connectivity index (χ0n) is 8.69. The average Bonchev–Trinajstić information content (AvgIpc) is 2.20. The van der Waals surface area contributed by atoms with E-state index in [1.54, 1.807) is 6.92 Å². The van der Waals surface area contributed by atoms with E-state index < -0.39 is 5.69 Å². The number of hydrogen-bond acceptors (Lipinski definition) is 3. The number of nitrogens with one attached hydrogen (secondary N) is 1. The summed E-state index contributed by atoms with van der Waals surface area (Å²) >= 11 is 0. The molecule has 0 fully saturated rings. The average molecular weight is 211 g/mol. The van der Waals surface area contributed by atoms with Crippen molar-refractivity contribution in [1.82, 2.24) is 14.5 Å². The van der Waals surface area contributed by atoms with Crippen LogP contribution in [0.25, 0.3) is 0 Å². The molecule has 0 aliphatic heterocycles. The van der Waals surface area contributed by atoms with Gasteiger partial charge in [0.05, 0.1) is 0 Å². The van der Waals surface area contributed by atoms with Gasteiger partial charge in [0.2, 0.25) is 5.91 Å². The third-order valence-corrected chi connectivity index (χ3v) is 1.95. The molecule has 0 saturated heterocycles. The molecule has 0 bridgehead atoms. The Morgan fingerprint density at radius 2 is 2.13 bits per heavy atom. The molecule has 1 amide bonds. The van der Waals surface area contributed by atoms with E-state index >= 15 is 0 Å². The number of amides is 1. The second kappa shape index (κ2) is 4.59. The van der Waals surface area contributed by atoms with Crippen LogP contribution in [0.3, 0.4) is 0 Å². The van der Waals surface area contributed by atoms with Crippen LogP contribution in [-0.2, 0) is 18.4 Å². The summed E-state index contributed by atoms with van der Waals surface area (Å²) in [5, 5.41) is 2.57. The van der Waals surface area contributed by atoms with Gasteiger partial charge in [0.25, 0.3) is 5.56 Å². The number of carbonyl (C=O) groups excluding carboxylic acids is 1. The second-order valence-electron chi connectivity index (χ2n) is 3.08. The fraction of sp³-hybridized carbons (Fsp3) is 0.444. The van der Waals surface area contributed by atoms with Gasteiger partial charge in [-0.3, -0.25) is 18.7 Å². The molecule has 0 aliphatic rings. The summed E-state index contributed by atoms with van der Waals surface area (Å²) in [5.41, 5.74) is -0.874. The topological polar surface area (TPSA) is 73.1 Å². The Morgan fingerprint density at radius 1 is 1.47 bits per heavy atom. The lowest BCUT2D eigenvalue weighted by molar-refractivity contribution is -0.121. The van der Waals surface area contributed by atoms with Crippen molar-refractivity contribution >= 4 is 5.91 Å². The molecule has 0 aromatic carbocycles. The summed E-state index contributed by atoms with van der Waals surface area (Å²) in [6.07, 6.45) is 1.32. The molecule has 0 aliphatic carbocycles. The monoisotopic (exact) mass is 211 g/mol. The number of likely N-dealkylation sites (N-methyl/N-ethyl adjacent to an activating group) is 1. The minimum Gasteiger partial charge on any atom is -0.355 e. The number of hydrogen-bond donors (Lipinski definition) is 1. The van der Waals surface area contributed by atoms with Gasteiger partial charge in [-0.25, -0.2) is 4.79 Å². The Morgan fingerprint density at radius 3 is 2.73 bits per heavy atom. The zero-order chi connectivity index (χ0) is 11.4. The molecule has 1 N–H and O–H groups in total. The predicted molar refractivity (Wildman–Crippen MR) is 54.6 cm³/mol. The summed E-state index contributed by atoms with van der Waals surface area (Å²) in [5.74, 6) is -0.252. The maximum absolute atomic E-state index is 11.5. The van der Waals surface area contributed by atoms with E-state index in [0.717, 1.165) is 4.57 Å². The van der Waals surface area contributed by atoms with E-state index in [4.69, 9.17) is 0 Å². The maximum atomic E-state index is 11.5. The Labute approximate surface area is 86.1 Å². The summed E-state index contributed by atoms with van der Waals surface area (Å²) in [6.45, 7) is 2.24. The van der Waals surface area contributed by atoms with Crippen LogP contribution >= 0.6 is 0 Å². The normalized spacial score (nSPS) is 10.0. The molecule has 0 atom stereocenters. The van der Waals surface area contributed by atoms with Crippen molar-refractivity contribution < 1.29 is 4.79 Å². The molecule has 1 aromatic heterocycles. The molecular formula is C9H13N3O3. The van der Waals surface area contributed by atoms with Crippen LogP contribution in [0.4, 0.5) is 0 Å². The van der Waals surface area contributed by atoms with Gasteiger partial charge >= 0.3 is 5.69 Å². The standard InChI is InChI=1S/C9H13N3O3/c1-3-10-7(13)6-12-5-4-8(14)11(2)9(12)15/h4-5H,3,6H2,1-2H3,(H,10,13). The number of rotatable bonds is 3. The first-order valence-electron chi connectivity index (χ1n) is 4.59. The largest absolute Gasteiger partial charge is 0.355 e. The van der Waals surface area contributed by atoms with Gasteiger partial charge in [-0.1, -0.05) is 0 Å². The number of carbonyl (C=O) groups is 1. The quantitative estimate of drug-likeness (QED) is 0.674. The van der Waals surface area contributed by atoms with Gasteiger partial charge in [-0.15, -0.1) is 0 Å². The van der Waals surface area contributed by atoms with Crippen LogP contribution in [-0.4, -0.2) is 21.6 Å². The minimum absolute atomic E-state index is 0.0687. The molecule has 6 nitrogen and oxygen atoms in total. The van der Waals surface area contributed by atoms with Crippen molar-refractivity contribution in [3.63, 3.8) is 0 Å². The molecule has 0 spiro atoms. The first-order chi connectivity index (χ1) is 7.06. The van der Waals surface area contributed by atoms with Crippen molar-refractivity contribution in [2.75, 3.05) is 6.54 Å². The summed E-state index contributed by atoms with van der Waals surface area (Å²) in [6, 6.07) is 1.25. The molecule has 0 unspecified atom stereocenters. The van der Waals surface area contributed by atoms with Gasteiger partial charge in [0, 0.05) is 25.9 Å². The van der Waals surface area contributed by atoms with Crippen LogP contribution < -0.4 is 16.6 Å². The van der Waals surface area contributed by atoms with Gasteiger partial charge in [0.1, 0.15) is 6.54 Å². The van der Waals surface area contributed by atoms with E-state index in [9.17, 15) is 14.4 Å². The van der Waals surface area contributed by atoms with Crippen LogP contribution in [0.5, 0.6) is 0 Å². The van der Waals surface area contributed by atoms with Crippen molar-refractivity contribution in [2.24, 2.45) is 7.05 Å². The van der Waals surface area contributed by atoms with Crippen LogP contribution in [0, 0.1) is 0 Å². The van der Waals surface area contributed by atoms with Crippen LogP contribution in [0.2, 0.25) is 0 Å². The molecular weight excluding hydrogens is 198 g/mol. The fourth-order valence-electron chi connectivity index (χ4n) is 1.14. The Balaban J connectivity index is 2.98. The summed E-state index contributed by atoms with van der Waals surface area (Å²) in [4.78, 5) is 33.7. The molecule has 82 valence electrons. The third-order valence-electron chi connectivity index (χ3n) is 1.95. The van der Waals surface area contributed by atoms with E-state index in [0.29, 0.717) is 6.54 Å². The van der Waals surface area contributed by atoms with Crippen molar-refractivity contribution in [2.45, 2.75) is 13.5 Å². The van der Waals surface area contributed by atoms with Crippen molar-refractivity contribution in [3.8, 4) is 0 Å². The number of aromatic nitrogens is 2. The lowest BCUT2D eigenvalue weighted by atomic mass is 10.5. The van der Waals surface area contributed by atoms with Gasteiger partial charge in [-0.2, -0.15) is 0 Å². The second-order valence-corrected chi connectivity index (χ2v) is 3.08. The van der Waals surface area contributed by atoms with E-state index in [-0.39, 0.29) is 18.0 Å². The highest BCUT2D eigenvalue weighted by atomic mass is 16.2. The predicted octanol–water partition coefficient (Wildman–Crippen LogP) is -1.32. The molecule has 0 saturated carbocycles. The first kappa shape index (κ1) is 11.2. The smallest absolute Gasteiger partial charge is 0.331 e. The highest BCUT2D eigenvalue weighted by Crippen LogP contribution is 1.78. The Bertz CT molecular complexity index is 472. The van der Waals surface area contributed by atoms with E-state index in [1.165, 1.54) is 23.9 Å². The maximum Gasteiger partial charge on any atom is 0.331 e. The Hall–Kier alpha value is -1.85. The molecule has 1 heterocycles. The SMILES string of the molecule is CCNC(=O)Cn1ccc(=O)n(C)c1=O. The van der Waals surface area contributed by atoms with Crippen molar-refractivity contribution in [3.05, 3.63) is 33.1 Å². The number of nitrogens with zero attached hydrogens (tertiary/aromatic N) is 2. The third kappa shape index (κ3) is 2.55. The highest BCUT2D eigenvalue weighted by Gasteiger charge is 2.05. The fourth-order valence-corrected chi connectivity index (χ4v) is 1.14. The van der Waals surface area contributed by atoms with Crippen LogP contribution in [0.1, 0.15) is 6.92 Å². The van der Waals surface area contributed by atoms with E-state index in [1.807, 2.05) is 0 Å². The minimum atomic E-state index is -0.492. The molecule has 0 radical (unpaired) electrons. The van der Waals surface area contributed by atoms with Crippen LogP contribution in [0.15, 0.2) is 21.9 Å². The van der Waals surface area contributed by atoms with Gasteiger partial charge in [-0.05, 0) is 6.92 Å². The Kier molecular flexibility index (Phi) is 3.43. The van der Waals surface area contributed by atoms with E-state index in [2.05, 4.69) is 5.32 Å². The first-order valence-corrected chi connectivity index (χ1v) is 4.59. The van der Waals surface area contributed by atoms with Gasteiger partial charge in [0.15, 0.2) is 0 Å². The van der Waals surface area contributed by atoms with Crippen molar-refractivity contribution in [1.29, 1.82) is 0 Å². The lowest BCUT2D eigenvalue weighted by Crippen LogP contribution is -2.40.